The van der Waals surface area contributed by atoms with Crippen LogP contribution in [-0.4, -0.2) is 75.3 Å². The number of aliphatic hydroxyl groups excluding tert-OH is 2. The summed E-state index contributed by atoms with van der Waals surface area (Å²) < 4.78 is 24.4. The highest BCUT2D eigenvalue weighted by Gasteiger charge is 2.18. The molecule has 1 heterocycles. The molecule has 0 spiro atoms. The van der Waals surface area contributed by atoms with Crippen LogP contribution in [0.4, 0.5) is 0 Å². The number of ether oxygens (including phenoxy) is 4. The smallest absolute Gasteiger partial charge is 0.104 e. The Morgan fingerprint density at radius 2 is 0.315 bits per heavy atom. The van der Waals surface area contributed by atoms with Crippen LogP contribution < -0.4 is 0 Å². The second kappa shape index (κ2) is 60.7. The van der Waals surface area contributed by atoms with Gasteiger partial charge in [0.05, 0.1) is 26.4 Å². The summed E-state index contributed by atoms with van der Waals surface area (Å²) in [5, 5.41) is 20.1. The molecule has 552 valence electrons. The van der Waals surface area contributed by atoms with Crippen molar-refractivity contribution in [3.8, 4) is 0 Å². The van der Waals surface area contributed by atoms with Gasteiger partial charge in [0.1, 0.15) is 12.2 Å². The molecule has 0 unspecified atom stereocenters. The maximum atomic E-state index is 10.0. The van der Waals surface area contributed by atoms with Gasteiger partial charge in [0, 0.05) is 26.4 Å². The van der Waals surface area contributed by atoms with Gasteiger partial charge in [-0.15, -0.1) is 0 Å². The van der Waals surface area contributed by atoms with Crippen molar-refractivity contribution in [2.75, 3.05) is 52.9 Å². The topological polar surface area (TPSA) is 77.4 Å². The highest BCUT2D eigenvalue weighted by molar-refractivity contribution is 4.70. The molecule has 1 aliphatic heterocycles. The molecule has 0 aromatic rings. The Kier molecular flexibility index (Phi) is 59.2. The molecule has 0 aliphatic carbocycles. The second-order valence-electron chi connectivity index (χ2n) is 34.7. The minimum absolute atomic E-state index is 0.0415. The Labute approximate surface area is 579 Å². The molecular formula is C86H172O6. The number of rotatable bonds is 2. The summed E-state index contributed by atoms with van der Waals surface area (Å²) in [7, 11) is 0. The van der Waals surface area contributed by atoms with Gasteiger partial charge in [-0.3, -0.25) is 0 Å². The van der Waals surface area contributed by atoms with Crippen LogP contribution in [0.25, 0.3) is 0 Å². The van der Waals surface area contributed by atoms with E-state index in [0.29, 0.717) is 36.9 Å². The maximum Gasteiger partial charge on any atom is 0.104 e. The first-order chi connectivity index (χ1) is 44.2. The van der Waals surface area contributed by atoms with Crippen LogP contribution in [0.5, 0.6) is 0 Å². The Morgan fingerprint density at radius 3 is 0.467 bits per heavy atom. The summed E-state index contributed by atoms with van der Waals surface area (Å²) in [5.74, 6) is 12.9. The van der Waals surface area contributed by atoms with Crippen LogP contribution in [-0.2, 0) is 18.9 Å². The average molecular weight is 1300 g/mol. The van der Waals surface area contributed by atoms with Crippen molar-refractivity contribution in [2.45, 2.75) is 406 Å². The van der Waals surface area contributed by atoms with Crippen LogP contribution in [0, 0.1) is 94.7 Å². The van der Waals surface area contributed by atoms with E-state index in [9.17, 15) is 10.2 Å². The van der Waals surface area contributed by atoms with Crippen LogP contribution in [0.2, 0.25) is 0 Å². The first kappa shape index (κ1) is 89.8. The fourth-order valence-corrected chi connectivity index (χ4v) is 15.4. The van der Waals surface area contributed by atoms with Gasteiger partial charge >= 0.3 is 0 Å². The van der Waals surface area contributed by atoms with Crippen molar-refractivity contribution in [2.24, 2.45) is 94.7 Å². The summed E-state index contributed by atoms with van der Waals surface area (Å²) in [5.41, 5.74) is 0. The van der Waals surface area contributed by atoms with Crippen molar-refractivity contribution in [1.29, 1.82) is 0 Å². The summed E-state index contributed by atoms with van der Waals surface area (Å²) in [6.07, 6.45) is 59.0. The van der Waals surface area contributed by atoms with Gasteiger partial charge in [0.15, 0.2) is 0 Å². The quantitative estimate of drug-likeness (QED) is 0.287. The zero-order valence-electron chi connectivity index (χ0n) is 65.7. The first-order valence-corrected chi connectivity index (χ1v) is 41.8. The van der Waals surface area contributed by atoms with E-state index in [1.54, 1.807) is 0 Å². The summed E-state index contributed by atoms with van der Waals surface area (Å²) >= 11 is 0. The normalized spacial score (nSPS) is 36.1. The van der Waals surface area contributed by atoms with Crippen molar-refractivity contribution in [3.63, 3.8) is 0 Å². The highest BCUT2D eigenvalue weighted by atomic mass is 16.5. The van der Waals surface area contributed by atoms with Crippen molar-refractivity contribution < 1.29 is 29.2 Å². The first-order valence-electron chi connectivity index (χ1n) is 41.8. The predicted molar refractivity (Wildman–Crippen MR) is 405 cm³/mol. The van der Waals surface area contributed by atoms with Crippen LogP contribution in [0.1, 0.15) is 393 Å². The van der Waals surface area contributed by atoms with E-state index in [0.717, 1.165) is 123 Å². The van der Waals surface area contributed by atoms with Crippen molar-refractivity contribution >= 4 is 0 Å². The lowest BCUT2D eigenvalue weighted by atomic mass is 9.88. The van der Waals surface area contributed by atoms with Gasteiger partial charge in [-0.1, -0.05) is 368 Å². The Balaban J connectivity index is 2.51. The van der Waals surface area contributed by atoms with E-state index in [1.165, 1.54) is 257 Å². The van der Waals surface area contributed by atoms with Crippen LogP contribution in [0.3, 0.4) is 0 Å². The largest absolute Gasteiger partial charge is 0.394 e. The molecule has 6 nitrogen and oxygen atoms in total. The molecule has 0 bridgehead atoms. The van der Waals surface area contributed by atoms with Gasteiger partial charge in [-0.05, 0) is 120 Å². The molecule has 18 atom stereocenters. The van der Waals surface area contributed by atoms with E-state index < -0.39 is 0 Å². The minimum Gasteiger partial charge on any atom is -0.394 e. The summed E-state index contributed by atoms with van der Waals surface area (Å²) in [6, 6.07) is 0. The van der Waals surface area contributed by atoms with Crippen molar-refractivity contribution in [3.05, 3.63) is 0 Å². The Hall–Kier alpha value is -0.240. The fourth-order valence-electron chi connectivity index (χ4n) is 15.4. The molecule has 92 heavy (non-hydrogen) atoms. The molecule has 6 heteroatoms. The highest BCUT2D eigenvalue weighted by Crippen LogP contribution is 2.31. The SMILES string of the molecule is C[C@@H]1CCC[C@@H](C)CCC[C@H](C)CC[C@@H](C)CCC[C@H](C)CCC[C@@H](C)CCC[C@@H](C)CCO[C@@H](CO)COCC[C@@H](C)CCC[C@H](C)CCC[C@@H](C)CCC[C@@H](C)CC[C@@H](C)CCC[C@@H](C)CCC[C@@H](C)CCC[C@@H](C)CCO[C@H](CO)COCC[C@H](C)CCC1. The number of aliphatic hydroxyl groups is 2. The van der Waals surface area contributed by atoms with Gasteiger partial charge in [0.2, 0.25) is 0 Å². The van der Waals surface area contributed by atoms with E-state index in [2.05, 4.69) is 111 Å². The molecule has 0 aromatic carbocycles. The molecule has 1 rings (SSSR count). The predicted octanol–water partition coefficient (Wildman–Crippen LogP) is 26.1. The fraction of sp³-hybridized carbons (Fsp3) is 1.00. The minimum atomic E-state index is -0.203. The monoisotopic (exact) mass is 1300 g/mol. The molecule has 1 fully saturated rings. The number of hydrogen-bond donors (Lipinski definition) is 2. The second-order valence-corrected chi connectivity index (χ2v) is 34.7. The zero-order chi connectivity index (χ0) is 68.0. The molecule has 0 amide bonds. The molecule has 2 N–H and O–H groups in total. The lowest BCUT2D eigenvalue weighted by molar-refractivity contribution is -0.0471. The third-order valence-corrected chi connectivity index (χ3v) is 23.5. The van der Waals surface area contributed by atoms with Crippen molar-refractivity contribution in [1.82, 2.24) is 0 Å². The lowest BCUT2D eigenvalue weighted by Crippen LogP contribution is -2.25. The van der Waals surface area contributed by atoms with E-state index in [4.69, 9.17) is 18.9 Å². The average Bonchev–Trinajstić information content (AvgIpc) is 3.72. The molecule has 0 saturated carbocycles. The van der Waals surface area contributed by atoms with Gasteiger partial charge in [0.25, 0.3) is 0 Å². The van der Waals surface area contributed by atoms with E-state index >= 15 is 0 Å². The molecule has 0 radical (unpaired) electrons. The Bertz CT molecular complexity index is 1410. The zero-order valence-corrected chi connectivity index (χ0v) is 65.7. The Morgan fingerprint density at radius 1 is 0.185 bits per heavy atom. The standard InChI is InChI=1S/C86H172O6/c1-69-29-17-33-73(5)41-25-49-81(13)57-61-89-67-85(65-87)91-63-59-83(15)52-28-44-76(8)36-20-32-72(4)40-24-48-80(12)56-54-78(10)46-22-38-70(2)30-18-34-74(6)42-26-50-82(14)58-62-90-68-86(66-88)92-64-60-84(16)51-27-43-75(7)35-19-31-71(3)39-23-47-79(11)55-53-77(9)45-21-37-69/h69-88H,17-68H2,1-16H3/t69-,70-,71-,72+,73-,74-,75-,76-,77+,78-,79+,80+,81-,82+,83-,84-,85-,86+/m1/s1. The van der Waals surface area contributed by atoms with E-state index in [-0.39, 0.29) is 25.4 Å². The van der Waals surface area contributed by atoms with E-state index in [1.807, 2.05) is 0 Å². The van der Waals surface area contributed by atoms with Crippen LogP contribution in [0.15, 0.2) is 0 Å². The van der Waals surface area contributed by atoms with Gasteiger partial charge in [-0.2, -0.15) is 0 Å². The van der Waals surface area contributed by atoms with Crippen LogP contribution >= 0.6 is 0 Å². The van der Waals surface area contributed by atoms with Gasteiger partial charge < -0.3 is 29.2 Å². The lowest BCUT2D eigenvalue weighted by Gasteiger charge is -2.19. The molecular weight excluding hydrogens is 1130 g/mol. The van der Waals surface area contributed by atoms with Gasteiger partial charge in [-0.25, -0.2) is 0 Å². The summed E-state index contributed by atoms with van der Waals surface area (Å²) in [4.78, 5) is 0. The summed E-state index contributed by atoms with van der Waals surface area (Å²) in [6.45, 7) is 43.7. The molecule has 0 aromatic heterocycles. The third-order valence-electron chi connectivity index (χ3n) is 23.5. The molecule has 1 saturated heterocycles. The maximum absolute atomic E-state index is 10.0. The third kappa shape index (κ3) is 56.6. The molecule has 1 aliphatic rings. The number of hydrogen-bond acceptors (Lipinski definition) is 6.